The molecule has 6 rings (SSSR count). The van der Waals surface area contributed by atoms with E-state index in [0.29, 0.717) is 66.9 Å². The molecule has 92 heavy (non-hydrogen) atoms. The summed E-state index contributed by atoms with van der Waals surface area (Å²) in [5.41, 5.74) is 3.48. The predicted octanol–water partition coefficient (Wildman–Crippen LogP) is 6.43. The van der Waals surface area contributed by atoms with E-state index in [9.17, 15) is 75.4 Å². The number of carboxylic acid groups (broad SMARTS) is 2. The van der Waals surface area contributed by atoms with Gasteiger partial charge in [0, 0.05) is 90.1 Å². The number of carboxylic acids is 2. The van der Waals surface area contributed by atoms with Crippen LogP contribution in [0.1, 0.15) is 131 Å². The number of carbonyl (C=O) groups excluding carboxylic acids is 4. The molecule has 492 valence electrons. The van der Waals surface area contributed by atoms with E-state index in [1.807, 2.05) is 27.7 Å². The van der Waals surface area contributed by atoms with Crippen LogP contribution in [0, 0.1) is 11.6 Å². The van der Waals surface area contributed by atoms with Gasteiger partial charge < -0.3 is 49.7 Å². The van der Waals surface area contributed by atoms with Gasteiger partial charge in [-0.3, -0.25) is 4.79 Å². The number of hydrogen-bond donors (Lipinski definition) is 4. The van der Waals surface area contributed by atoms with E-state index in [2.05, 4.69) is 19.9 Å². The Balaban J connectivity index is 0.000000362. The van der Waals surface area contributed by atoms with Gasteiger partial charge in [0.1, 0.15) is 17.4 Å². The molecule has 0 unspecified atom stereocenters. The van der Waals surface area contributed by atoms with Crippen molar-refractivity contribution in [1.29, 1.82) is 0 Å². The molecule has 0 fully saturated rings. The fourth-order valence-electron chi connectivity index (χ4n) is 8.21. The minimum Gasteiger partial charge on any atom is -0.550 e. The van der Waals surface area contributed by atoms with Gasteiger partial charge in [-0.25, -0.2) is 59.0 Å². The number of carbonyl (C=O) groups is 4. The van der Waals surface area contributed by atoms with Crippen molar-refractivity contribution in [2.24, 2.45) is 0 Å². The fraction of sp³-hybridized carbons (Fsp3) is 0.375. The second-order valence-corrected chi connectivity index (χ2v) is 26.8. The van der Waals surface area contributed by atoms with Crippen LogP contribution in [0.15, 0.2) is 109 Å². The van der Waals surface area contributed by atoms with E-state index in [1.165, 1.54) is 86.9 Å². The second kappa shape index (κ2) is 35.4. The van der Waals surface area contributed by atoms with Gasteiger partial charge in [0.05, 0.1) is 65.8 Å². The fourth-order valence-corrected chi connectivity index (χ4v) is 9.09. The third-order valence-electron chi connectivity index (χ3n) is 13.0. The molecule has 0 bridgehead atoms. The van der Waals surface area contributed by atoms with E-state index in [-0.39, 0.29) is 86.2 Å². The molecule has 2 heterocycles. The largest absolute Gasteiger partial charge is 2.00 e. The first-order valence-electron chi connectivity index (χ1n) is 28.3. The molecule has 0 radical (unpaired) electrons. The number of benzene rings is 4. The van der Waals surface area contributed by atoms with Crippen LogP contribution in [0.5, 0.6) is 5.75 Å². The molecule has 4 aromatic carbocycles. The summed E-state index contributed by atoms with van der Waals surface area (Å²) in [5.74, 6) is -4.34. The van der Waals surface area contributed by atoms with Crippen LogP contribution in [0.3, 0.4) is 0 Å². The summed E-state index contributed by atoms with van der Waals surface area (Å²) in [6.45, 7) is 14.2. The molecule has 28 heteroatoms. The maximum Gasteiger partial charge on any atom is 2.00 e. The van der Waals surface area contributed by atoms with E-state index in [4.69, 9.17) is 21.1 Å². The Bertz CT molecular complexity index is 3590. The van der Waals surface area contributed by atoms with Crippen molar-refractivity contribution in [3.63, 3.8) is 0 Å². The number of aromatic nitrogens is 4. The molecule has 0 aliphatic rings. The van der Waals surface area contributed by atoms with Gasteiger partial charge in [0.25, 0.3) is 0 Å². The van der Waals surface area contributed by atoms with Crippen molar-refractivity contribution in [3.8, 4) is 28.3 Å². The minimum absolute atomic E-state index is 0. The standard InChI is InChI=1S/2C22H28FN3O6S.C20H21ClO4.Ca/c2*1-13(2)20-18(10-9-16(27)11-17(28)12-19(29)30)21(14-5-7-15(23)8-6-14)25-22(24-20)26(3)33(4,31)32;1-13(2)24-19(23)20(3,4)25-17-11-7-15(8-12-17)18(22)14-5-9-16(21)10-6-14;/h2*5-10,13,16-17,27-28H,11-12H2,1-4H3,(H,29,30);5-13H,1-4H3;/q;;;+2/p-2/b2*10-9+;;/t2*16-,17-;;/m11../s1. The van der Waals surface area contributed by atoms with Gasteiger partial charge in [-0.2, -0.15) is 0 Å². The van der Waals surface area contributed by atoms with Crippen LogP contribution in [-0.4, -0.2) is 181 Å². The predicted molar refractivity (Wildman–Crippen MR) is 343 cm³/mol. The first-order chi connectivity index (χ1) is 42.3. The first-order valence-corrected chi connectivity index (χ1v) is 32.4. The smallest absolute Gasteiger partial charge is 0.550 e. The Morgan fingerprint density at radius 2 is 0.946 bits per heavy atom. The number of aliphatic hydroxyl groups excluding tert-OH is 4. The molecule has 6 aromatic rings. The maximum absolute atomic E-state index is 13.5. The maximum atomic E-state index is 13.5. The number of aliphatic hydroxyl groups is 4. The first kappa shape index (κ1) is 79.4. The van der Waals surface area contributed by atoms with Gasteiger partial charge in [0.2, 0.25) is 31.9 Å². The van der Waals surface area contributed by atoms with E-state index >= 15 is 0 Å². The molecule has 0 aliphatic heterocycles. The molecule has 22 nitrogen and oxygen atoms in total. The quantitative estimate of drug-likeness (QED) is 0.0258. The number of aliphatic carboxylic acids is 2. The Labute approximate surface area is 569 Å². The summed E-state index contributed by atoms with van der Waals surface area (Å²) in [6, 6.07) is 24.3. The molecular formula is C64H75CaClF2N6O16S2. The summed E-state index contributed by atoms with van der Waals surface area (Å²) in [6.07, 6.45) is 0.942. The van der Waals surface area contributed by atoms with Crippen molar-refractivity contribution in [3.05, 3.63) is 160 Å². The van der Waals surface area contributed by atoms with Crippen LogP contribution in [0.25, 0.3) is 34.7 Å². The Morgan fingerprint density at radius 3 is 1.26 bits per heavy atom. The molecule has 0 saturated carbocycles. The van der Waals surface area contributed by atoms with Gasteiger partial charge in [0.15, 0.2) is 11.4 Å². The molecule has 4 N–H and O–H groups in total. The zero-order valence-corrected chi connectivity index (χ0v) is 57.5. The van der Waals surface area contributed by atoms with Gasteiger partial charge >= 0.3 is 43.7 Å². The SMILES string of the molecule is CC(C)OC(=O)C(C)(C)Oc1ccc(C(=O)c2ccc(Cl)cc2)cc1.CC(C)c1nc(N(C)S(C)(=O)=O)nc(-c2ccc(F)cc2)c1/C=C/[C@@H](O)C[C@@H](O)CC(=O)[O-].CC(C)c1nc(N(C)S(C)(=O)=O)nc(-c2ccc(F)cc2)c1/C=C/[C@@H](O)C[C@@H](O)CC(=O)[O-].[Ca+2]. The average molecular weight is 1360 g/mol. The number of ketones is 1. The number of nitrogens with zero attached hydrogens (tertiary/aromatic N) is 6. The van der Waals surface area contributed by atoms with Gasteiger partial charge in [-0.1, -0.05) is 63.6 Å². The van der Waals surface area contributed by atoms with Crippen LogP contribution < -0.4 is 23.6 Å². The monoisotopic (exact) mass is 1360 g/mol. The second-order valence-electron chi connectivity index (χ2n) is 22.3. The van der Waals surface area contributed by atoms with Crippen LogP contribution >= 0.6 is 11.6 Å². The van der Waals surface area contributed by atoms with Crippen LogP contribution in [0.4, 0.5) is 20.7 Å². The van der Waals surface area contributed by atoms with Crippen molar-refractivity contribution in [2.75, 3.05) is 35.2 Å². The van der Waals surface area contributed by atoms with Crippen molar-refractivity contribution < 1.29 is 84.9 Å². The molecule has 0 amide bonds. The third-order valence-corrected chi connectivity index (χ3v) is 15.6. The zero-order chi connectivity index (χ0) is 68.5. The minimum atomic E-state index is -3.66. The number of anilines is 2. The summed E-state index contributed by atoms with van der Waals surface area (Å²) >= 11 is 5.84. The van der Waals surface area contributed by atoms with E-state index < -0.39 is 92.4 Å². The van der Waals surface area contributed by atoms with Crippen LogP contribution in [-0.2, 0) is 39.2 Å². The van der Waals surface area contributed by atoms with Crippen molar-refractivity contribution in [2.45, 2.75) is 129 Å². The Hall–Kier alpha value is -6.85. The van der Waals surface area contributed by atoms with E-state index in [0.717, 1.165) is 21.1 Å². The summed E-state index contributed by atoms with van der Waals surface area (Å²) in [4.78, 5) is 63.3. The molecule has 0 aliphatic carbocycles. The topological polar surface area (TPSA) is 340 Å². The summed E-state index contributed by atoms with van der Waals surface area (Å²) < 4.78 is 88.0. The molecule has 4 atom stereocenters. The number of rotatable bonds is 26. The van der Waals surface area contributed by atoms with Gasteiger partial charge in [-0.05, 0) is 137 Å². The normalized spacial score (nSPS) is 13.1. The van der Waals surface area contributed by atoms with Crippen molar-refractivity contribution in [1.82, 2.24) is 19.9 Å². The van der Waals surface area contributed by atoms with Gasteiger partial charge in [-0.15, -0.1) is 0 Å². The van der Waals surface area contributed by atoms with Crippen molar-refractivity contribution >= 4 is 117 Å². The third kappa shape index (κ3) is 24.9. The number of hydrogen-bond acceptors (Lipinski definition) is 20. The number of sulfonamides is 2. The van der Waals surface area contributed by atoms with Crippen LogP contribution in [0.2, 0.25) is 5.02 Å². The summed E-state index contributed by atoms with van der Waals surface area (Å²) in [5, 5.41) is 61.7. The average Bonchev–Trinajstić information content (AvgIpc) is 0.801. The molecular weight excluding hydrogens is 1290 g/mol. The number of halogens is 3. The molecule has 0 spiro atoms. The Kier molecular flexibility index (Phi) is 30.6. The molecule has 2 aromatic heterocycles. The number of esters is 1. The molecule has 0 saturated heterocycles. The number of ether oxygens (including phenoxy) is 2. The van der Waals surface area contributed by atoms with E-state index in [1.54, 1.807) is 76.2 Å². The zero-order valence-electron chi connectivity index (χ0n) is 52.9. The Morgan fingerprint density at radius 1 is 0.598 bits per heavy atom. The summed E-state index contributed by atoms with van der Waals surface area (Å²) in [7, 11) is -4.67.